The van der Waals surface area contributed by atoms with Crippen molar-refractivity contribution < 1.29 is 0 Å². The zero-order chi connectivity index (χ0) is 17.0. The van der Waals surface area contributed by atoms with E-state index in [1.165, 1.54) is 11.1 Å². The Hall–Kier alpha value is -1.62. The number of piperidine rings is 1. The van der Waals surface area contributed by atoms with Crippen molar-refractivity contribution in [1.29, 1.82) is 0 Å². The molecule has 2 aromatic rings. The van der Waals surface area contributed by atoms with Gasteiger partial charge >= 0.3 is 0 Å². The third-order valence-corrected chi connectivity index (χ3v) is 5.25. The molecule has 1 fully saturated rings. The molecule has 1 aliphatic heterocycles. The molecule has 3 N–H and O–H groups in total. The lowest BCUT2D eigenvalue weighted by atomic mass is 9.91. The molecular formula is C20H26BN3. The van der Waals surface area contributed by atoms with Gasteiger partial charge < -0.3 is 11.0 Å². The molecule has 3 nitrogen and oxygen atoms in total. The van der Waals surface area contributed by atoms with Crippen molar-refractivity contribution in [2.45, 2.75) is 25.4 Å². The lowest BCUT2D eigenvalue weighted by Crippen LogP contribution is -2.54. The van der Waals surface area contributed by atoms with E-state index in [1.807, 2.05) is 6.07 Å². The van der Waals surface area contributed by atoms with E-state index in [2.05, 4.69) is 65.6 Å². The van der Waals surface area contributed by atoms with E-state index in [4.69, 9.17) is 13.7 Å². The van der Waals surface area contributed by atoms with Gasteiger partial charge in [0, 0.05) is 13.1 Å². The first-order valence-electron chi connectivity index (χ1n) is 8.74. The molecular weight excluding hydrogens is 293 g/mol. The minimum Gasteiger partial charge on any atom is -0.366 e. The Bertz CT molecular complexity index is 632. The third kappa shape index (κ3) is 3.72. The zero-order valence-corrected chi connectivity index (χ0v) is 14.4. The average molecular weight is 319 g/mol. The van der Waals surface area contributed by atoms with Crippen LogP contribution >= 0.6 is 0 Å². The summed E-state index contributed by atoms with van der Waals surface area (Å²) < 4.78 is 0. The van der Waals surface area contributed by atoms with Gasteiger partial charge in [-0.25, -0.2) is 0 Å². The van der Waals surface area contributed by atoms with Crippen molar-refractivity contribution in [2.24, 2.45) is 11.7 Å². The SMILES string of the molecule is [B]NCC1CCN(C(C)(N)c2ccc(-c3ccccc3)cc2)CC1. The maximum atomic E-state index is 6.71. The van der Waals surface area contributed by atoms with Crippen molar-refractivity contribution in [2.75, 3.05) is 19.6 Å². The van der Waals surface area contributed by atoms with Crippen LogP contribution in [0.15, 0.2) is 54.6 Å². The van der Waals surface area contributed by atoms with Gasteiger partial charge in [0.1, 0.15) is 0 Å². The number of benzene rings is 2. The van der Waals surface area contributed by atoms with Crippen LogP contribution in [0.4, 0.5) is 0 Å². The van der Waals surface area contributed by atoms with Gasteiger partial charge in [-0.3, -0.25) is 4.90 Å². The summed E-state index contributed by atoms with van der Waals surface area (Å²) in [5.41, 5.74) is 9.90. The predicted molar refractivity (Wildman–Crippen MR) is 101 cm³/mol. The fourth-order valence-electron chi connectivity index (χ4n) is 3.58. The maximum absolute atomic E-state index is 6.71. The van der Waals surface area contributed by atoms with Crippen LogP contribution in [0, 0.1) is 5.92 Å². The van der Waals surface area contributed by atoms with E-state index in [0.29, 0.717) is 5.92 Å². The Balaban J connectivity index is 1.71. The molecule has 1 atom stereocenters. The van der Waals surface area contributed by atoms with Gasteiger partial charge in [0.25, 0.3) is 0 Å². The number of rotatable bonds is 5. The lowest BCUT2D eigenvalue weighted by molar-refractivity contribution is 0.0651. The molecule has 0 spiro atoms. The minimum atomic E-state index is -0.434. The van der Waals surface area contributed by atoms with E-state index in [0.717, 1.165) is 38.0 Å². The quantitative estimate of drug-likeness (QED) is 0.833. The van der Waals surface area contributed by atoms with Crippen molar-refractivity contribution in [3.8, 4) is 11.1 Å². The first-order chi connectivity index (χ1) is 11.6. The van der Waals surface area contributed by atoms with Gasteiger partial charge in [-0.1, -0.05) is 54.6 Å². The number of likely N-dealkylation sites (tertiary alicyclic amines) is 1. The fourth-order valence-corrected chi connectivity index (χ4v) is 3.58. The molecule has 1 aliphatic rings. The highest BCUT2D eigenvalue weighted by Crippen LogP contribution is 2.29. The van der Waals surface area contributed by atoms with E-state index in [9.17, 15) is 0 Å². The van der Waals surface area contributed by atoms with Crippen molar-refractivity contribution in [3.63, 3.8) is 0 Å². The Morgan fingerprint density at radius 2 is 1.62 bits per heavy atom. The summed E-state index contributed by atoms with van der Waals surface area (Å²) in [6.07, 6.45) is 2.28. The van der Waals surface area contributed by atoms with Crippen molar-refractivity contribution in [1.82, 2.24) is 10.1 Å². The Morgan fingerprint density at radius 1 is 1.04 bits per heavy atom. The summed E-state index contributed by atoms with van der Waals surface area (Å²) in [6.45, 7) is 5.03. The molecule has 2 aromatic carbocycles. The van der Waals surface area contributed by atoms with Crippen molar-refractivity contribution >= 4 is 7.98 Å². The first-order valence-corrected chi connectivity index (χ1v) is 8.74. The van der Waals surface area contributed by atoms with Crippen LogP contribution in [0.3, 0.4) is 0 Å². The highest BCUT2D eigenvalue weighted by Gasteiger charge is 2.32. The standard InChI is InChI=1S/C20H26BN3/c1-20(22,24-13-11-16(12-14-24)15-23-21)19-9-7-18(8-10-19)17-5-3-2-4-6-17/h2-10,16,23H,11-15,22H2,1H3. The first kappa shape index (κ1) is 17.2. The van der Waals surface area contributed by atoms with Crippen LogP contribution < -0.4 is 11.0 Å². The summed E-state index contributed by atoms with van der Waals surface area (Å²) in [6, 6.07) is 19.1. The normalized spacial score (nSPS) is 19.1. The highest BCUT2D eigenvalue weighted by molar-refractivity contribution is 6.04. The fraction of sp³-hybridized carbons (Fsp3) is 0.400. The summed E-state index contributed by atoms with van der Waals surface area (Å²) in [4.78, 5) is 2.39. The summed E-state index contributed by atoms with van der Waals surface area (Å²) in [7, 11) is 5.44. The molecule has 2 radical (unpaired) electrons. The van der Waals surface area contributed by atoms with Crippen LogP contribution in [0.5, 0.6) is 0 Å². The number of hydrogen-bond donors (Lipinski definition) is 2. The molecule has 1 unspecified atom stereocenters. The van der Waals surface area contributed by atoms with Crippen LogP contribution in [0.25, 0.3) is 11.1 Å². The zero-order valence-electron chi connectivity index (χ0n) is 14.4. The van der Waals surface area contributed by atoms with Gasteiger partial charge in [-0.2, -0.15) is 0 Å². The van der Waals surface area contributed by atoms with Crippen LogP contribution in [0.2, 0.25) is 0 Å². The molecule has 0 amide bonds. The van der Waals surface area contributed by atoms with Gasteiger partial charge in [0.05, 0.1) is 5.66 Å². The van der Waals surface area contributed by atoms with E-state index in [-0.39, 0.29) is 0 Å². The Kier molecular flexibility index (Phi) is 5.39. The number of hydrogen-bond acceptors (Lipinski definition) is 3. The van der Waals surface area contributed by atoms with Gasteiger partial charge in [0.15, 0.2) is 7.98 Å². The number of nitrogens with one attached hydrogen (secondary N) is 1. The predicted octanol–water partition coefficient (Wildman–Crippen LogP) is 2.87. The molecule has 0 aliphatic carbocycles. The lowest BCUT2D eigenvalue weighted by Gasteiger charge is -2.43. The number of nitrogens with two attached hydrogens (primary N) is 1. The molecule has 4 heteroatoms. The van der Waals surface area contributed by atoms with Crippen LogP contribution in [0.1, 0.15) is 25.3 Å². The van der Waals surface area contributed by atoms with Gasteiger partial charge in [-0.05, 0) is 48.9 Å². The Labute approximate surface area is 146 Å². The molecule has 0 bridgehead atoms. The van der Waals surface area contributed by atoms with E-state index in [1.54, 1.807) is 0 Å². The summed E-state index contributed by atoms with van der Waals surface area (Å²) in [5.74, 6) is 0.655. The molecule has 1 heterocycles. The van der Waals surface area contributed by atoms with Crippen molar-refractivity contribution in [3.05, 3.63) is 60.2 Å². The van der Waals surface area contributed by atoms with Gasteiger partial charge in [0.2, 0.25) is 0 Å². The number of nitrogens with zero attached hydrogens (tertiary/aromatic N) is 1. The Morgan fingerprint density at radius 3 is 2.21 bits per heavy atom. The minimum absolute atomic E-state index is 0.434. The highest BCUT2D eigenvalue weighted by atomic mass is 15.3. The molecule has 24 heavy (non-hydrogen) atoms. The van der Waals surface area contributed by atoms with Gasteiger partial charge in [-0.15, -0.1) is 0 Å². The smallest absolute Gasteiger partial charge is 0.177 e. The average Bonchev–Trinajstić information content (AvgIpc) is 2.63. The molecule has 124 valence electrons. The molecule has 3 rings (SSSR count). The molecule has 0 saturated carbocycles. The molecule has 0 aromatic heterocycles. The van der Waals surface area contributed by atoms with Crippen LogP contribution in [-0.4, -0.2) is 32.5 Å². The largest absolute Gasteiger partial charge is 0.366 e. The van der Waals surface area contributed by atoms with Crippen LogP contribution in [-0.2, 0) is 5.66 Å². The summed E-state index contributed by atoms with van der Waals surface area (Å²) >= 11 is 0. The summed E-state index contributed by atoms with van der Waals surface area (Å²) in [5, 5.41) is 2.79. The second-order valence-corrected chi connectivity index (χ2v) is 6.93. The molecule has 1 saturated heterocycles. The topological polar surface area (TPSA) is 41.3 Å². The second kappa shape index (κ2) is 7.52. The second-order valence-electron chi connectivity index (χ2n) is 6.93. The monoisotopic (exact) mass is 319 g/mol. The van der Waals surface area contributed by atoms with E-state index >= 15 is 0 Å². The maximum Gasteiger partial charge on any atom is 0.177 e. The van der Waals surface area contributed by atoms with E-state index < -0.39 is 5.66 Å². The third-order valence-electron chi connectivity index (χ3n) is 5.25.